The molecule has 220 valence electrons. The highest BCUT2D eigenvalue weighted by Gasteiger charge is 2.19. The van der Waals surface area contributed by atoms with E-state index in [4.69, 9.17) is 21.1 Å². The molecule has 0 fully saturated rings. The maximum atomic E-state index is 13.6. The van der Waals surface area contributed by atoms with E-state index in [0.29, 0.717) is 39.0 Å². The molecule has 0 aliphatic rings. The first-order chi connectivity index (χ1) is 20.8. The predicted octanol–water partition coefficient (Wildman–Crippen LogP) is 6.89. The third-order valence-electron chi connectivity index (χ3n) is 6.13. The Hall–Kier alpha value is -4.73. The number of hydrogen-bond donors (Lipinski definition) is 3. The van der Waals surface area contributed by atoms with Crippen molar-refractivity contribution in [3.8, 4) is 11.5 Å². The van der Waals surface area contributed by atoms with Gasteiger partial charge in [0.25, 0.3) is 11.8 Å². The number of ether oxygens (including phenoxy) is 2. The first-order valence-corrected chi connectivity index (χ1v) is 14.5. The average molecular weight is 616 g/mol. The third kappa shape index (κ3) is 8.64. The molecule has 0 bridgehead atoms. The molecule has 1 unspecified atom stereocenters. The van der Waals surface area contributed by atoms with Crippen LogP contribution in [0.5, 0.6) is 11.5 Å². The zero-order valence-corrected chi connectivity index (χ0v) is 25.3. The van der Waals surface area contributed by atoms with Gasteiger partial charge >= 0.3 is 0 Å². The number of rotatable bonds is 11. The van der Waals surface area contributed by atoms with Crippen molar-refractivity contribution in [2.75, 3.05) is 24.9 Å². The summed E-state index contributed by atoms with van der Waals surface area (Å²) >= 11 is 7.35. The molecule has 0 saturated carbocycles. The van der Waals surface area contributed by atoms with Gasteiger partial charge in [-0.15, -0.1) is 11.8 Å². The van der Waals surface area contributed by atoms with Gasteiger partial charge in [0.2, 0.25) is 5.91 Å². The molecule has 1 atom stereocenters. The summed E-state index contributed by atoms with van der Waals surface area (Å²) in [4.78, 5) is 40.1. The summed E-state index contributed by atoms with van der Waals surface area (Å²) in [7, 11) is 3.01. The molecule has 0 saturated heterocycles. The minimum absolute atomic E-state index is 0.00673. The summed E-state index contributed by atoms with van der Waals surface area (Å²) in [5, 5.41) is 8.52. The zero-order chi connectivity index (χ0) is 30.8. The fourth-order valence-corrected chi connectivity index (χ4v) is 5.15. The number of amides is 3. The Balaban J connectivity index is 1.54. The number of nitrogens with one attached hydrogen (secondary N) is 3. The number of carbonyl (C=O) groups excluding carboxylic acids is 3. The third-order valence-corrected chi connectivity index (χ3v) is 7.46. The number of para-hydroxylation sites is 1. The van der Waals surface area contributed by atoms with E-state index in [0.717, 1.165) is 4.90 Å². The number of anilines is 2. The highest BCUT2D eigenvalue weighted by molar-refractivity contribution is 8.00. The van der Waals surface area contributed by atoms with Crippen molar-refractivity contribution in [2.24, 2.45) is 0 Å². The van der Waals surface area contributed by atoms with E-state index in [1.54, 1.807) is 97.9 Å². The predicted molar refractivity (Wildman–Crippen MR) is 172 cm³/mol. The lowest BCUT2D eigenvalue weighted by Gasteiger charge is -2.15. The van der Waals surface area contributed by atoms with Gasteiger partial charge in [0, 0.05) is 32.4 Å². The smallest absolute Gasteiger partial charge is 0.272 e. The highest BCUT2D eigenvalue weighted by Crippen LogP contribution is 2.32. The van der Waals surface area contributed by atoms with Crippen LogP contribution in [0.3, 0.4) is 0 Å². The summed E-state index contributed by atoms with van der Waals surface area (Å²) in [6, 6.07) is 27.9. The maximum absolute atomic E-state index is 13.6. The van der Waals surface area contributed by atoms with Crippen molar-refractivity contribution in [2.45, 2.75) is 17.1 Å². The van der Waals surface area contributed by atoms with Crippen LogP contribution in [-0.4, -0.2) is 37.2 Å². The standard InChI is InChI=1S/C33H30ClN3O5S/c1-21(31(38)35-25-14-8-13-24(34)19-25)43-27-16-9-15-26(20-27)36-33(40)28(37-32(39)22-10-5-4-6-11-22)18-23-12-7-17-29(41-2)30(23)42-3/h4-21H,1-3H3,(H,35,38)(H,36,40)(H,37,39)/b28-18+. The molecule has 10 heteroatoms. The van der Waals surface area contributed by atoms with Gasteiger partial charge in [0.1, 0.15) is 5.70 Å². The number of halogens is 1. The summed E-state index contributed by atoms with van der Waals surface area (Å²) in [6.07, 6.45) is 1.53. The molecule has 43 heavy (non-hydrogen) atoms. The van der Waals surface area contributed by atoms with Gasteiger partial charge in [-0.1, -0.05) is 54.1 Å². The molecule has 0 aliphatic heterocycles. The van der Waals surface area contributed by atoms with Gasteiger partial charge in [-0.3, -0.25) is 14.4 Å². The van der Waals surface area contributed by atoms with Gasteiger partial charge < -0.3 is 25.4 Å². The summed E-state index contributed by atoms with van der Waals surface area (Å²) in [5.74, 6) is -0.310. The first-order valence-electron chi connectivity index (χ1n) is 13.2. The average Bonchev–Trinajstić information content (AvgIpc) is 3.01. The monoisotopic (exact) mass is 615 g/mol. The van der Waals surface area contributed by atoms with Crippen LogP contribution >= 0.6 is 23.4 Å². The fourth-order valence-electron chi connectivity index (χ4n) is 4.04. The highest BCUT2D eigenvalue weighted by atomic mass is 35.5. The number of carbonyl (C=O) groups is 3. The lowest BCUT2D eigenvalue weighted by molar-refractivity contribution is -0.115. The minimum atomic E-state index is -0.553. The van der Waals surface area contributed by atoms with E-state index < -0.39 is 17.1 Å². The first kappa shape index (κ1) is 31.2. The molecule has 8 nitrogen and oxygen atoms in total. The van der Waals surface area contributed by atoms with Gasteiger partial charge in [-0.25, -0.2) is 0 Å². The zero-order valence-electron chi connectivity index (χ0n) is 23.7. The van der Waals surface area contributed by atoms with Crippen LogP contribution in [0.25, 0.3) is 6.08 Å². The Kier molecular flexibility index (Phi) is 10.9. The van der Waals surface area contributed by atoms with Crippen molar-refractivity contribution in [3.63, 3.8) is 0 Å². The summed E-state index contributed by atoms with van der Waals surface area (Å²) in [5.41, 5.74) is 2.00. The van der Waals surface area contributed by atoms with Gasteiger partial charge in [0.15, 0.2) is 11.5 Å². The molecule has 0 heterocycles. The van der Waals surface area contributed by atoms with Crippen LogP contribution in [0.2, 0.25) is 5.02 Å². The van der Waals surface area contributed by atoms with E-state index in [1.165, 1.54) is 32.1 Å². The van der Waals surface area contributed by atoms with E-state index in [-0.39, 0.29) is 11.6 Å². The molecule has 0 aromatic heterocycles. The van der Waals surface area contributed by atoms with Crippen LogP contribution < -0.4 is 25.4 Å². The molecule has 3 N–H and O–H groups in total. The number of thioether (sulfide) groups is 1. The molecule has 3 amide bonds. The van der Waals surface area contributed by atoms with Crippen molar-refractivity contribution in [1.82, 2.24) is 5.32 Å². The second-order valence-electron chi connectivity index (χ2n) is 9.20. The molecular weight excluding hydrogens is 586 g/mol. The lowest BCUT2D eigenvalue weighted by Crippen LogP contribution is -2.30. The van der Waals surface area contributed by atoms with Crippen LogP contribution in [-0.2, 0) is 9.59 Å². The number of hydrogen-bond acceptors (Lipinski definition) is 6. The van der Waals surface area contributed by atoms with E-state index in [1.807, 2.05) is 6.07 Å². The van der Waals surface area contributed by atoms with Crippen molar-refractivity contribution < 1.29 is 23.9 Å². The van der Waals surface area contributed by atoms with E-state index in [2.05, 4.69) is 16.0 Å². The van der Waals surface area contributed by atoms with Crippen LogP contribution in [0.15, 0.2) is 108 Å². The molecule has 4 aromatic carbocycles. The van der Waals surface area contributed by atoms with Gasteiger partial charge in [-0.05, 0) is 67.6 Å². The van der Waals surface area contributed by atoms with Crippen molar-refractivity contribution in [1.29, 1.82) is 0 Å². The lowest BCUT2D eigenvalue weighted by atomic mass is 10.1. The summed E-state index contributed by atoms with van der Waals surface area (Å²) < 4.78 is 10.9. The second kappa shape index (κ2) is 14.9. The SMILES string of the molecule is COc1cccc(/C=C(/NC(=O)c2ccccc2)C(=O)Nc2cccc(SC(C)C(=O)Nc3cccc(Cl)c3)c2)c1OC. The Morgan fingerprint density at radius 2 is 1.51 bits per heavy atom. The molecule has 0 aliphatic carbocycles. The molecule has 0 radical (unpaired) electrons. The normalized spacial score (nSPS) is 11.7. The van der Waals surface area contributed by atoms with Gasteiger partial charge in [0.05, 0.1) is 19.5 Å². The topological polar surface area (TPSA) is 106 Å². The fraction of sp³-hybridized carbons (Fsp3) is 0.121. The maximum Gasteiger partial charge on any atom is 0.272 e. The van der Waals surface area contributed by atoms with Crippen molar-refractivity contribution >= 4 is 58.5 Å². The molecule has 4 rings (SSSR count). The quantitative estimate of drug-likeness (QED) is 0.125. The van der Waals surface area contributed by atoms with Crippen LogP contribution in [0, 0.1) is 0 Å². The van der Waals surface area contributed by atoms with Gasteiger partial charge in [-0.2, -0.15) is 0 Å². The second-order valence-corrected chi connectivity index (χ2v) is 11.1. The van der Waals surface area contributed by atoms with E-state index >= 15 is 0 Å². The Labute approximate surface area is 259 Å². The van der Waals surface area contributed by atoms with Crippen molar-refractivity contribution in [3.05, 3.63) is 119 Å². The largest absolute Gasteiger partial charge is 0.493 e. The molecule has 0 spiro atoms. The van der Waals surface area contributed by atoms with Crippen LogP contribution in [0.1, 0.15) is 22.8 Å². The minimum Gasteiger partial charge on any atom is -0.493 e. The summed E-state index contributed by atoms with van der Waals surface area (Å²) in [6.45, 7) is 1.79. The van der Waals surface area contributed by atoms with E-state index in [9.17, 15) is 14.4 Å². The number of methoxy groups -OCH3 is 2. The Bertz CT molecular complexity index is 1640. The van der Waals surface area contributed by atoms with Crippen LogP contribution in [0.4, 0.5) is 11.4 Å². The Morgan fingerprint density at radius 1 is 0.814 bits per heavy atom. The Morgan fingerprint density at radius 3 is 2.21 bits per heavy atom. The molecule has 4 aromatic rings. The molecular formula is C33H30ClN3O5S. The number of benzene rings is 4.